The van der Waals surface area contributed by atoms with E-state index in [-0.39, 0.29) is 17.6 Å². The molecule has 6 rings (SSSR count). The van der Waals surface area contributed by atoms with Crippen LogP contribution >= 0.6 is 15.9 Å². The Morgan fingerprint density at radius 1 is 1.03 bits per heavy atom. The lowest BCUT2D eigenvalue weighted by molar-refractivity contribution is -0.130. The van der Waals surface area contributed by atoms with E-state index in [9.17, 15) is 14.0 Å². The Morgan fingerprint density at radius 3 is 2.55 bits per heavy atom. The third-order valence-corrected chi connectivity index (χ3v) is 7.24. The summed E-state index contributed by atoms with van der Waals surface area (Å²) in [5.41, 5.74) is 3.83. The molecule has 38 heavy (non-hydrogen) atoms. The van der Waals surface area contributed by atoms with E-state index in [1.807, 2.05) is 48.7 Å². The van der Waals surface area contributed by atoms with Gasteiger partial charge in [0.1, 0.15) is 17.6 Å². The molecule has 3 aromatic carbocycles. The summed E-state index contributed by atoms with van der Waals surface area (Å²) in [5, 5.41) is 6.27. The van der Waals surface area contributed by atoms with Crippen molar-refractivity contribution in [3.05, 3.63) is 105 Å². The fourth-order valence-electron chi connectivity index (χ4n) is 4.77. The zero-order chi connectivity index (χ0) is 26.4. The molecule has 1 saturated heterocycles. The quantitative estimate of drug-likeness (QED) is 0.351. The van der Waals surface area contributed by atoms with Crippen molar-refractivity contribution in [1.82, 2.24) is 14.7 Å². The third-order valence-electron chi connectivity index (χ3n) is 6.71. The van der Waals surface area contributed by atoms with Crippen LogP contribution in [0.15, 0.2) is 82.4 Å². The minimum atomic E-state index is -0.671. The van der Waals surface area contributed by atoms with Crippen molar-refractivity contribution in [3.8, 4) is 16.9 Å². The van der Waals surface area contributed by atoms with Gasteiger partial charge in [0.25, 0.3) is 11.8 Å². The van der Waals surface area contributed by atoms with E-state index in [0.29, 0.717) is 35.1 Å². The lowest BCUT2D eigenvalue weighted by Gasteiger charge is -2.23. The fourth-order valence-corrected chi connectivity index (χ4v) is 5.03. The molecule has 3 heterocycles. The Morgan fingerprint density at radius 2 is 1.79 bits per heavy atom. The first kappa shape index (κ1) is 24.4. The Bertz CT molecular complexity index is 1680. The highest BCUT2D eigenvalue weighted by molar-refractivity contribution is 9.10. The van der Waals surface area contributed by atoms with E-state index in [1.54, 1.807) is 28.6 Å². The van der Waals surface area contributed by atoms with Gasteiger partial charge in [-0.15, -0.1) is 0 Å². The predicted octanol–water partition coefficient (Wildman–Crippen LogP) is 3.87. The first-order chi connectivity index (χ1) is 18.4. The number of carbonyl (C=O) groups excluding carboxylic acids is 2. The van der Waals surface area contributed by atoms with E-state index in [1.165, 1.54) is 18.2 Å². The predicted molar refractivity (Wildman–Crippen MR) is 142 cm³/mol. The molecule has 0 unspecified atom stereocenters. The molecule has 0 aliphatic carbocycles. The zero-order valence-corrected chi connectivity index (χ0v) is 21.9. The summed E-state index contributed by atoms with van der Waals surface area (Å²) < 4.78 is 22.6. The molecule has 0 saturated carbocycles. The van der Waals surface area contributed by atoms with Crippen molar-refractivity contribution in [1.29, 1.82) is 0 Å². The largest absolute Gasteiger partial charge is 0.341 e. The topological polar surface area (TPSA) is 76.8 Å². The standard InChI is InChI=1S/C29H22BrFN4O3/c1-17-28(37)34(13-12-18-2-3-20-15-26(36)32-25(20)14-18)29(38-17)24-16-35(23-10-6-21(30)7-11-23)33-27(24)19-4-8-22(31)9-5-19/h2-11,14-17,29H,12-13H2,1H3/t17-,29-/m1/s1. The molecule has 190 valence electrons. The smallest absolute Gasteiger partial charge is 0.270 e. The number of rotatable bonds is 6. The molecule has 0 spiro atoms. The van der Waals surface area contributed by atoms with Crippen LogP contribution in [0.1, 0.15) is 24.3 Å². The Hall–Kier alpha value is -3.95. The Balaban J connectivity index is 1.36. The van der Waals surface area contributed by atoms with Crippen LogP contribution in [0.3, 0.4) is 0 Å². The van der Waals surface area contributed by atoms with E-state index in [4.69, 9.17) is 9.84 Å². The summed E-state index contributed by atoms with van der Waals surface area (Å²) in [7, 11) is 0. The van der Waals surface area contributed by atoms with Crippen molar-refractivity contribution in [2.75, 3.05) is 6.54 Å². The second-order valence-corrected chi connectivity index (χ2v) is 10.2. The number of carbonyl (C=O) groups is 2. The van der Waals surface area contributed by atoms with Gasteiger partial charge in [-0.2, -0.15) is 5.10 Å². The zero-order valence-electron chi connectivity index (χ0n) is 20.3. The molecule has 0 bridgehead atoms. The second kappa shape index (κ2) is 9.74. The van der Waals surface area contributed by atoms with Gasteiger partial charge in [-0.3, -0.25) is 9.59 Å². The van der Waals surface area contributed by atoms with Crippen LogP contribution < -0.4 is 10.6 Å². The Kier molecular flexibility index (Phi) is 6.25. The maximum absolute atomic E-state index is 13.7. The number of halogens is 2. The SMILES string of the molecule is C[C@H]1O[C@H](c2cn(-c3ccc(Br)cc3)nc2-c2ccc(F)cc2)N(CCc2ccc3c(c2)=NC(=O)C=3)C1=O. The number of aromatic nitrogens is 2. The Labute approximate surface area is 226 Å². The van der Waals surface area contributed by atoms with Crippen LogP contribution in [0, 0.1) is 5.82 Å². The number of amides is 2. The summed E-state index contributed by atoms with van der Waals surface area (Å²) in [6, 6.07) is 19.5. The third kappa shape index (κ3) is 4.59. The molecule has 2 aliphatic heterocycles. The maximum Gasteiger partial charge on any atom is 0.270 e. The van der Waals surface area contributed by atoms with Crippen LogP contribution in [0.2, 0.25) is 0 Å². The van der Waals surface area contributed by atoms with Crippen LogP contribution in [0.25, 0.3) is 23.0 Å². The molecule has 2 amide bonds. The number of fused-ring (bicyclic) bond motifs is 1. The molecular weight excluding hydrogens is 551 g/mol. The molecule has 2 aliphatic rings. The monoisotopic (exact) mass is 572 g/mol. The molecule has 1 aromatic heterocycles. The number of hydrogen-bond acceptors (Lipinski definition) is 4. The summed E-state index contributed by atoms with van der Waals surface area (Å²) in [4.78, 5) is 30.6. The van der Waals surface area contributed by atoms with Crippen LogP contribution in [0.4, 0.5) is 4.39 Å². The molecule has 9 heteroatoms. The average Bonchev–Trinajstić information content (AvgIpc) is 3.58. The molecule has 2 atom stereocenters. The van der Waals surface area contributed by atoms with Crippen LogP contribution in [0.5, 0.6) is 0 Å². The molecule has 0 N–H and O–H groups in total. The van der Waals surface area contributed by atoms with Crippen LogP contribution in [-0.2, 0) is 20.7 Å². The van der Waals surface area contributed by atoms with Gasteiger partial charge in [0.05, 0.1) is 11.0 Å². The van der Waals surface area contributed by atoms with Crippen molar-refractivity contribution in [2.24, 2.45) is 4.99 Å². The fraction of sp³-hybridized carbons (Fsp3) is 0.172. The molecule has 0 radical (unpaired) electrons. The lowest BCUT2D eigenvalue weighted by atomic mass is 10.1. The second-order valence-electron chi connectivity index (χ2n) is 9.26. The van der Waals surface area contributed by atoms with Crippen molar-refractivity contribution in [2.45, 2.75) is 25.7 Å². The molecule has 4 aromatic rings. The molecule has 1 fully saturated rings. The first-order valence-electron chi connectivity index (χ1n) is 12.2. The van der Waals surface area contributed by atoms with Crippen molar-refractivity contribution >= 4 is 33.8 Å². The minimum absolute atomic E-state index is 0.120. The number of hydrogen-bond donors (Lipinski definition) is 0. The first-order valence-corrected chi connectivity index (χ1v) is 13.0. The highest BCUT2D eigenvalue weighted by Gasteiger charge is 2.40. The van der Waals surface area contributed by atoms with Gasteiger partial charge in [0.2, 0.25) is 0 Å². The van der Waals surface area contributed by atoms with Gasteiger partial charge in [-0.1, -0.05) is 28.1 Å². The van der Waals surface area contributed by atoms with Gasteiger partial charge in [0.15, 0.2) is 6.23 Å². The maximum atomic E-state index is 13.7. The van der Waals surface area contributed by atoms with E-state index in [2.05, 4.69) is 20.9 Å². The van der Waals surface area contributed by atoms with Gasteiger partial charge in [-0.05, 0) is 73.5 Å². The van der Waals surface area contributed by atoms with Gasteiger partial charge >= 0.3 is 0 Å². The summed E-state index contributed by atoms with van der Waals surface area (Å²) >= 11 is 3.46. The number of benzene rings is 3. The summed E-state index contributed by atoms with van der Waals surface area (Å²) in [6.07, 6.45) is 2.63. The minimum Gasteiger partial charge on any atom is -0.341 e. The number of nitrogens with zero attached hydrogens (tertiary/aromatic N) is 4. The molecular formula is C29H22BrFN4O3. The van der Waals surface area contributed by atoms with E-state index in [0.717, 1.165) is 20.9 Å². The van der Waals surface area contributed by atoms with Gasteiger partial charge < -0.3 is 9.64 Å². The van der Waals surface area contributed by atoms with Gasteiger partial charge in [0, 0.05) is 39.6 Å². The highest BCUT2D eigenvalue weighted by atomic mass is 79.9. The molecule has 7 nitrogen and oxygen atoms in total. The number of ether oxygens (including phenoxy) is 1. The van der Waals surface area contributed by atoms with Crippen molar-refractivity contribution in [3.63, 3.8) is 0 Å². The summed E-state index contributed by atoms with van der Waals surface area (Å²) in [6.45, 7) is 2.14. The van der Waals surface area contributed by atoms with Gasteiger partial charge in [-0.25, -0.2) is 14.1 Å². The normalized spacial score (nSPS) is 18.4. The highest BCUT2D eigenvalue weighted by Crippen LogP contribution is 2.37. The van der Waals surface area contributed by atoms with Crippen LogP contribution in [-0.4, -0.2) is 39.1 Å². The lowest BCUT2D eigenvalue weighted by Crippen LogP contribution is -2.32. The van der Waals surface area contributed by atoms with E-state index < -0.39 is 12.3 Å². The van der Waals surface area contributed by atoms with E-state index >= 15 is 0 Å². The van der Waals surface area contributed by atoms with Crippen molar-refractivity contribution < 1.29 is 18.7 Å². The summed E-state index contributed by atoms with van der Waals surface area (Å²) in [5.74, 6) is -0.721. The average molecular weight is 573 g/mol.